The number of carbonyl (C=O) groups excluding carboxylic acids is 2. The van der Waals surface area contributed by atoms with Gasteiger partial charge in [0.2, 0.25) is 0 Å². The van der Waals surface area contributed by atoms with E-state index in [2.05, 4.69) is 72.6 Å². The van der Waals surface area contributed by atoms with Crippen LogP contribution in [0.15, 0.2) is 12.1 Å². The molecule has 172 valence electrons. The quantitative estimate of drug-likeness (QED) is 0.205. The van der Waals surface area contributed by atoms with Crippen molar-refractivity contribution in [1.29, 1.82) is 0 Å². The minimum atomic E-state index is -0.709. The predicted molar refractivity (Wildman–Crippen MR) is 118 cm³/mol. The maximum Gasteiger partial charge on any atom is 0.390 e. The lowest BCUT2D eigenvalue weighted by molar-refractivity contribution is -0.389. The van der Waals surface area contributed by atoms with E-state index in [9.17, 15) is 29.8 Å². The maximum atomic E-state index is 11.2. The minimum Gasteiger partial charge on any atom is -0.464 e. The number of ether oxygens (including phenoxy) is 2. The zero-order chi connectivity index (χ0) is 24.0. The van der Waals surface area contributed by atoms with Crippen LogP contribution in [0.5, 0.6) is 0 Å². The molecule has 2 heterocycles. The molecule has 0 aliphatic rings. The first-order valence-corrected chi connectivity index (χ1v) is 11.3. The SMILES string of the molecule is BrCCBr.COC(=O)c1cc([N+](=O)[O-])[nH]n1.COC(=O)c1cc([N+](=O)[O-])nn1CCBr. The molecule has 0 saturated carbocycles. The molecule has 0 atom stereocenters. The highest BCUT2D eigenvalue weighted by atomic mass is 79.9. The van der Waals surface area contributed by atoms with E-state index in [-0.39, 0.29) is 23.0 Å². The monoisotopic (exact) mass is 634 g/mol. The lowest BCUT2D eigenvalue weighted by atomic mass is 10.4. The Kier molecular flexibility index (Phi) is 14.2. The number of aromatic amines is 1. The summed E-state index contributed by atoms with van der Waals surface area (Å²) in [5.41, 5.74) is -0.0344. The molecule has 17 heteroatoms. The molecule has 0 unspecified atom stereocenters. The molecule has 0 aliphatic heterocycles. The molecule has 0 amide bonds. The largest absolute Gasteiger partial charge is 0.464 e. The van der Waals surface area contributed by atoms with Gasteiger partial charge in [-0.3, -0.25) is 0 Å². The molecule has 14 nitrogen and oxygen atoms in total. The first kappa shape index (κ1) is 28.6. The normalized spacial score (nSPS) is 9.45. The molecule has 2 rings (SSSR count). The molecule has 0 bridgehead atoms. The number of alkyl halides is 3. The molecule has 2 aromatic rings. The second-order valence-corrected chi connectivity index (χ2v) is 7.19. The van der Waals surface area contributed by atoms with Crippen LogP contribution in [-0.2, 0) is 16.0 Å². The zero-order valence-corrected chi connectivity index (χ0v) is 20.9. The third-order valence-electron chi connectivity index (χ3n) is 2.87. The number of rotatable bonds is 7. The lowest BCUT2D eigenvalue weighted by Crippen LogP contribution is -2.12. The number of H-pyrrole nitrogens is 1. The van der Waals surface area contributed by atoms with E-state index >= 15 is 0 Å². The van der Waals surface area contributed by atoms with Gasteiger partial charge in [-0.15, -0.1) is 5.10 Å². The highest BCUT2D eigenvalue weighted by Gasteiger charge is 2.23. The second kappa shape index (κ2) is 15.4. The van der Waals surface area contributed by atoms with E-state index in [1.165, 1.54) is 18.9 Å². The number of halogens is 3. The third-order valence-corrected chi connectivity index (χ3v) is 5.08. The number of esters is 2. The minimum absolute atomic E-state index is 0.0728. The van der Waals surface area contributed by atoms with Crippen molar-refractivity contribution in [1.82, 2.24) is 20.0 Å². The average Bonchev–Trinajstić information content (AvgIpc) is 3.41. The average molecular weight is 637 g/mol. The lowest BCUT2D eigenvalue weighted by Gasteiger charge is -1.97. The molecule has 0 spiro atoms. The van der Waals surface area contributed by atoms with Gasteiger partial charge in [-0.05, 0) is 9.85 Å². The summed E-state index contributed by atoms with van der Waals surface area (Å²) in [4.78, 5) is 41.2. The summed E-state index contributed by atoms with van der Waals surface area (Å²) >= 11 is 9.56. The highest BCUT2D eigenvalue weighted by Crippen LogP contribution is 2.13. The standard InChI is InChI=1S/C7H8BrN3O4.C5H5N3O4.C2H4Br2/c1-15-7(12)5-4-6(11(13)14)9-10(5)3-2-8;1-12-5(9)3-2-4(7-6-3)8(10)11;3-1-2-4/h4H,2-3H2,1H3;2H,1H3,(H,6,7);1-2H2. The molecule has 2 aromatic heterocycles. The van der Waals surface area contributed by atoms with Crippen molar-refractivity contribution in [3.05, 3.63) is 43.7 Å². The van der Waals surface area contributed by atoms with Crippen molar-refractivity contribution in [3.8, 4) is 0 Å². The summed E-state index contributed by atoms with van der Waals surface area (Å²) in [7, 11) is 2.38. The predicted octanol–water partition coefficient (Wildman–Crippen LogP) is 2.85. The Morgan fingerprint density at radius 2 is 1.61 bits per heavy atom. The Morgan fingerprint density at radius 3 is 2.00 bits per heavy atom. The van der Waals surface area contributed by atoms with Crippen molar-refractivity contribution in [3.63, 3.8) is 0 Å². The topological polar surface area (TPSA) is 185 Å². The number of hydrogen-bond acceptors (Lipinski definition) is 10. The molecule has 0 saturated heterocycles. The molecule has 1 N–H and O–H groups in total. The molecular formula is C14H17Br3N6O8. The number of carbonyl (C=O) groups is 2. The van der Waals surface area contributed by atoms with E-state index in [1.807, 2.05) is 0 Å². The van der Waals surface area contributed by atoms with E-state index in [1.54, 1.807) is 0 Å². The first-order chi connectivity index (χ1) is 14.7. The fourth-order valence-electron chi connectivity index (χ4n) is 1.63. The number of nitro groups is 2. The van der Waals surface area contributed by atoms with Gasteiger partial charge in [0.1, 0.15) is 0 Å². The first-order valence-electron chi connectivity index (χ1n) is 7.93. The Bertz CT molecular complexity index is 885. The van der Waals surface area contributed by atoms with Gasteiger partial charge in [0.25, 0.3) is 0 Å². The third kappa shape index (κ3) is 9.97. The second-order valence-electron chi connectivity index (χ2n) is 4.81. The summed E-state index contributed by atoms with van der Waals surface area (Å²) in [5.74, 6) is -2.05. The Hall–Kier alpha value is -2.40. The van der Waals surface area contributed by atoms with Gasteiger partial charge in [0.15, 0.2) is 11.4 Å². The summed E-state index contributed by atoms with van der Waals surface area (Å²) in [5, 5.41) is 32.3. The smallest absolute Gasteiger partial charge is 0.390 e. The summed E-state index contributed by atoms with van der Waals surface area (Å²) in [6, 6.07) is 2.10. The van der Waals surface area contributed by atoms with Crippen LogP contribution in [0, 0.1) is 20.2 Å². The van der Waals surface area contributed by atoms with Crippen LogP contribution in [0.1, 0.15) is 21.0 Å². The fourth-order valence-corrected chi connectivity index (χ4v) is 1.96. The fraction of sp³-hybridized carbons (Fsp3) is 0.429. The van der Waals surface area contributed by atoms with Gasteiger partial charge in [-0.25, -0.2) is 9.59 Å². The number of hydrogen-bond donors (Lipinski definition) is 1. The molecule has 0 aromatic carbocycles. The van der Waals surface area contributed by atoms with Gasteiger partial charge in [-0.1, -0.05) is 52.9 Å². The van der Waals surface area contributed by atoms with Crippen molar-refractivity contribution in [2.75, 3.05) is 30.2 Å². The zero-order valence-electron chi connectivity index (χ0n) is 16.1. The van der Waals surface area contributed by atoms with Gasteiger partial charge < -0.3 is 29.7 Å². The number of nitrogens with zero attached hydrogens (tertiary/aromatic N) is 5. The van der Waals surface area contributed by atoms with E-state index < -0.39 is 21.8 Å². The Morgan fingerprint density at radius 1 is 1.03 bits per heavy atom. The maximum absolute atomic E-state index is 11.2. The van der Waals surface area contributed by atoms with Gasteiger partial charge in [-0.2, -0.15) is 4.68 Å². The van der Waals surface area contributed by atoms with Gasteiger partial charge in [0, 0.05) is 16.0 Å². The van der Waals surface area contributed by atoms with Crippen LogP contribution in [0.4, 0.5) is 11.6 Å². The van der Waals surface area contributed by atoms with Crippen LogP contribution >= 0.6 is 47.8 Å². The number of nitrogens with one attached hydrogen (secondary N) is 1. The van der Waals surface area contributed by atoms with E-state index in [0.29, 0.717) is 11.9 Å². The molecule has 0 fully saturated rings. The number of methoxy groups -OCH3 is 2. The highest BCUT2D eigenvalue weighted by molar-refractivity contribution is 9.12. The van der Waals surface area contributed by atoms with Crippen molar-refractivity contribution in [2.24, 2.45) is 0 Å². The van der Waals surface area contributed by atoms with Crippen LogP contribution in [0.3, 0.4) is 0 Å². The molecular weight excluding hydrogens is 620 g/mol. The summed E-state index contributed by atoms with van der Waals surface area (Å²) in [6.45, 7) is 0.359. The van der Waals surface area contributed by atoms with Crippen molar-refractivity contribution < 1.29 is 28.9 Å². The van der Waals surface area contributed by atoms with Crippen LogP contribution in [0.2, 0.25) is 0 Å². The molecule has 0 radical (unpaired) electrons. The Balaban J connectivity index is 0.000000504. The molecule has 0 aliphatic carbocycles. The van der Waals surface area contributed by atoms with Crippen LogP contribution < -0.4 is 0 Å². The van der Waals surface area contributed by atoms with E-state index in [0.717, 1.165) is 22.8 Å². The summed E-state index contributed by atoms with van der Waals surface area (Å²) in [6.07, 6.45) is 0. The van der Waals surface area contributed by atoms with Gasteiger partial charge >= 0.3 is 23.6 Å². The van der Waals surface area contributed by atoms with E-state index in [4.69, 9.17) is 0 Å². The van der Waals surface area contributed by atoms with Crippen LogP contribution in [0.25, 0.3) is 0 Å². The van der Waals surface area contributed by atoms with Crippen molar-refractivity contribution >= 4 is 71.4 Å². The molecule has 31 heavy (non-hydrogen) atoms. The van der Waals surface area contributed by atoms with Crippen molar-refractivity contribution in [2.45, 2.75) is 6.54 Å². The van der Waals surface area contributed by atoms with Gasteiger partial charge in [0.05, 0.1) is 38.0 Å². The van der Waals surface area contributed by atoms with Crippen LogP contribution in [-0.4, -0.2) is 72.0 Å². The number of aromatic nitrogens is 4. The number of aryl methyl sites for hydroxylation is 1. The summed E-state index contributed by atoms with van der Waals surface area (Å²) < 4.78 is 10.00. The Labute approximate surface area is 200 Å².